The van der Waals surface area contributed by atoms with Gasteiger partial charge in [0.25, 0.3) is 0 Å². The van der Waals surface area contributed by atoms with Gasteiger partial charge in [-0.1, -0.05) is 31.0 Å². The van der Waals surface area contributed by atoms with Gasteiger partial charge in [-0.3, -0.25) is 9.78 Å². The lowest BCUT2D eigenvalue weighted by molar-refractivity contribution is -0.116. The van der Waals surface area contributed by atoms with Gasteiger partial charge in [0.2, 0.25) is 5.91 Å². The average Bonchev–Trinajstić information content (AvgIpc) is 2.47. The number of aromatic nitrogens is 1. The van der Waals surface area contributed by atoms with Crippen molar-refractivity contribution in [3.8, 4) is 0 Å². The molecule has 2 rings (SSSR count). The van der Waals surface area contributed by atoms with Crippen molar-refractivity contribution in [3.63, 3.8) is 0 Å². The number of pyridine rings is 1. The SMILES string of the molecule is NCCCCCCC(=O)Nc1cnc2ccccc2c1. The highest BCUT2D eigenvalue weighted by Crippen LogP contribution is 2.16. The highest BCUT2D eigenvalue weighted by molar-refractivity contribution is 5.93. The zero-order valence-corrected chi connectivity index (χ0v) is 11.6. The van der Waals surface area contributed by atoms with Crippen LogP contribution in [0.1, 0.15) is 32.1 Å². The molecule has 0 bridgehead atoms. The zero-order valence-electron chi connectivity index (χ0n) is 11.6. The van der Waals surface area contributed by atoms with Gasteiger partial charge in [0, 0.05) is 11.8 Å². The minimum Gasteiger partial charge on any atom is -0.330 e. The van der Waals surface area contributed by atoms with Crippen LogP contribution in [0.25, 0.3) is 10.9 Å². The summed E-state index contributed by atoms with van der Waals surface area (Å²) in [6, 6.07) is 9.82. The second-order valence-electron chi connectivity index (χ2n) is 4.92. The number of nitrogens with one attached hydrogen (secondary N) is 1. The highest BCUT2D eigenvalue weighted by Gasteiger charge is 2.03. The van der Waals surface area contributed by atoms with Gasteiger partial charge >= 0.3 is 0 Å². The largest absolute Gasteiger partial charge is 0.330 e. The van der Waals surface area contributed by atoms with E-state index in [2.05, 4.69) is 10.3 Å². The van der Waals surface area contributed by atoms with Crippen LogP contribution in [0, 0.1) is 0 Å². The van der Waals surface area contributed by atoms with Crippen molar-refractivity contribution < 1.29 is 4.79 Å². The van der Waals surface area contributed by atoms with Gasteiger partial charge in [-0.15, -0.1) is 0 Å². The summed E-state index contributed by atoms with van der Waals surface area (Å²) in [7, 11) is 0. The molecule has 20 heavy (non-hydrogen) atoms. The summed E-state index contributed by atoms with van der Waals surface area (Å²) < 4.78 is 0. The number of amides is 1. The third-order valence-electron chi connectivity index (χ3n) is 3.23. The van der Waals surface area contributed by atoms with Crippen molar-refractivity contribution in [1.82, 2.24) is 4.98 Å². The van der Waals surface area contributed by atoms with E-state index in [1.807, 2.05) is 30.3 Å². The standard InChI is InChI=1S/C16H21N3O/c17-10-6-2-1-3-9-16(20)19-14-11-13-7-4-5-8-15(13)18-12-14/h4-5,7-8,11-12H,1-3,6,9-10,17H2,(H,19,20). The van der Waals surface area contributed by atoms with Crippen LogP contribution in [0.15, 0.2) is 36.5 Å². The monoisotopic (exact) mass is 271 g/mol. The molecule has 3 N–H and O–H groups in total. The Balaban J connectivity index is 1.83. The van der Waals surface area contributed by atoms with Crippen molar-refractivity contribution in [2.45, 2.75) is 32.1 Å². The second kappa shape index (κ2) is 7.60. The predicted octanol–water partition coefficient (Wildman–Crippen LogP) is 3.08. The highest BCUT2D eigenvalue weighted by atomic mass is 16.1. The third kappa shape index (κ3) is 4.31. The molecule has 0 fully saturated rings. The maximum absolute atomic E-state index is 11.8. The van der Waals surface area contributed by atoms with E-state index in [-0.39, 0.29) is 5.91 Å². The fraction of sp³-hybridized carbons (Fsp3) is 0.375. The summed E-state index contributed by atoms with van der Waals surface area (Å²) in [6.45, 7) is 0.731. The Morgan fingerprint density at radius 3 is 2.80 bits per heavy atom. The lowest BCUT2D eigenvalue weighted by atomic mass is 10.1. The van der Waals surface area contributed by atoms with E-state index in [9.17, 15) is 4.79 Å². The van der Waals surface area contributed by atoms with E-state index < -0.39 is 0 Å². The number of para-hydroxylation sites is 1. The van der Waals surface area contributed by atoms with Crippen molar-refractivity contribution in [1.29, 1.82) is 0 Å². The Labute approximate surface area is 119 Å². The number of fused-ring (bicyclic) bond motifs is 1. The molecular formula is C16H21N3O. The molecule has 106 valence electrons. The van der Waals surface area contributed by atoms with Gasteiger partial charge in [0.1, 0.15) is 0 Å². The summed E-state index contributed by atoms with van der Waals surface area (Å²) in [6.07, 6.45) is 6.36. The normalized spacial score (nSPS) is 10.7. The summed E-state index contributed by atoms with van der Waals surface area (Å²) in [4.78, 5) is 16.1. The molecule has 1 aromatic heterocycles. The van der Waals surface area contributed by atoms with Crippen molar-refractivity contribution in [2.24, 2.45) is 5.73 Å². The maximum Gasteiger partial charge on any atom is 0.224 e. The van der Waals surface area contributed by atoms with Crippen LogP contribution in [0.2, 0.25) is 0 Å². The van der Waals surface area contributed by atoms with E-state index >= 15 is 0 Å². The first-order chi connectivity index (χ1) is 9.79. The first-order valence-corrected chi connectivity index (χ1v) is 7.14. The number of carbonyl (C=O) groups is 1. The van der Waals surface area contributed by atoms with Crippen LogP contribution in [0.5, 0.6) is 0 Å². The van der Waals surface area contributed by atoms with E-state index in [0.717, 1.165) is 48.8 Å². The second-order valence-corrected chi connectivity index (χ2v) is 4.92. The molecule has 4 heteroatoms. The molecule has 0 aliphatic rings. The lowest BCUT2D eigenvalue weighted by Crippen LogP contribution is -2.11. The van der Waals surface area contributed by atoms with Crippen LogP contribution < -0.4 is 11.1 Å². The summed E-state index contributed by atoms with van der Waals surface area (Å²) >= 11 is 0. The molecule has 0 saturated heterocycles. The number of hydrogen-bond acceptors (Lipinski definition) is 3. The summed E-state index contributed by atoms with van der Waals surface area (Å²) in [5.41, 5.74) is 7.13. The number of carbonyl (C=O) groups excluding carboxylic acids is 1. The molecule has 0 atom stereocenters. The number of rotatable bonds is 7. The van der Waals surface area contributed by atoms with Crippen molar-refractivity contribution >= 4 is 22.5 Å². The average molecular weight is 271 g/mol. The Morgan fingerprint density at radius 2 is 1.95 bits per heavy atom. The molecule has 0 saturated carbocycles. The number of anilines is 1. The molecule has 0 aliphatic carbocycles. The van der Waals surface area contributed by atoms with E-state index in [4.69, 9.17) is 5.73 Å². The first-order valence-electron chi connectivity index (χ1n) is 7.14. The number of unbranched alkanes of at least 4 members (excludes halogenated alkanes) is 3. The Morgan fingerprint density at radius 1 is 1.15 bits per heavy atom. The Kier molecular flexibility index (Phi) is 5.50. The third-order valence-corrected chi connectivity index (χ3v) is 3.23. The molecule has 4 nitrogen and oxygen atoms in total. The maximum atomic E-state index is 11.8. The molecule has 1 aromatic carbocycles. The van der Waals surface area contributed by atoms with Crippen LogP contribution in [-0.2, 0) is 4.79 Å². The van der Waals surface area contributed by atoms with Gasteiger partial charge < -0.3 is 11.1 Å². The molecule has 1 amide bonds. The summed E-state index contributed by atoms with van der Waals surface area (Å²) in [5.74, 6) is 0.0508. The zero-order chi connectivity index (χ0) is 14.2. The lowest BCUT2D eigenvalue weighted by Gasteiger charge is -2.06. The Hall–Kier alpha value is -1.94. The van der Waals surface area contributed by atoms with E-state index in [0.29, 0.717) is 6.42 Å². The van der Waals surface area contributed by atoms with Gasteiger partial charge in [0.15, 0.2) is 0 Å². The van der Waals surface area contributed by atoms with Crippen LogP contribution in [0.4, 0.5) is 5.69 Å². The minimum atomic E-state index is 0.0508. The number of nitrogens with zero attached hydrogens (tertiary/aromatic N) is 1. The molecule has 0 spiro atoms. The van der Waals surface area contributed by atoms with E-state index in [1.165, 1.54) is 0 Å². The number of hydrogen-bond donors (Lipinski definition) is 2. The van der Waals surface area contributed by atoms with Gasteiger partial charge in [-0.25, -0.2) is 0 Å². The van der Waals surface area contributed by atoms with Crippen molar-refractivity contribution in [2.75, 3.05) is 11.9 Å². The molecule has 0 radical (unpaired) electrons. The predicted molar refractivity (Wildman–Crippen MR) is 82.5 cm³/mol. The van der Waals surface area contributed by atoms with Crippen LogP contribution in [-0.4, -0.2) is 17.4 Å². The Bertz CT molecular complexity index is 568. The minimum absolute atomic E-state index is 0.0508. The van der Waals surface area contributed by atoms with Gasteiger partial charge in [-0.2, -0.15) is 0 Å². The number of benzene rings is 1. The molecule has 0 unspecified atom stereocenters. The number of nitrogens with two attached hydrogens (primary N) is 1. The molecule has 1 heterocycles. The van der Waals surface area contributed by atoms with Crippen molar-refractivity contribution in [3.05, 3.63) is 36.5 Å². The van der Waals surface area contributed by atoms with Crippen LogP contribution in [0.3, 0.4) is 0 Å². The van der Waals surface area contributed by atoms with Gasteiger partial charge in [0.05, 0.1) is 17.4 Å². The van der Waals surface area contributed by atoms with E-state index in [1.54, 1.807) is 6.20 Å². The van der Waals surface area contributed by atoms with Gasteiger partial charge in [-0.05, 0) is 31.5 Å². The topological polar surface area (TPSA) is 68.0 Å². The molecule has 0 aliphatic heterocycles. The molecule has 2 aromatic rings. The smallest absolute Gasteiger partial charge is 0.224 e. The quantitative estimate of drug-likeness (QED) is 0.760. The molecular weight excluding hydrogens is 250 g/mol. The first kappa shape index (κ1) is 14.5. The van der Waals surface area contributed by atoms with Crippen LogP contribution >= 0.6 is 0 Å². The fourth-order valence-corrected chi connectivity index (χ4v) is 2.15. The summed E-state index contributed by atoms with van der Waals surface area (Å²) in [5, 5.41) is 3.93. The fourth-order valence-electron chi connectivity index (χ4n) is 2.15.